The first-order valence-corrected chi connectivity index (χ1v) is 5.15. The highest BCUT2D eigenvalue weighted by atomic mass is 16.5. The molecule has 0 bridgehead atoms. The molecular formula is C12H17NO2. The van der Waals surface area contributed by atoms with Crippen molar-refractivity contribution >= 4 is 5.78 Å². The van der Waals surface area contributed by atoms with Crippen LogP contribution in [0.5, 0.6) is 5.75 Å². The molecule has 0 fully saturated rings. The molecule has 3 heteroatoms. The molecule has 1 rings (SSSR count). The second-order valence-corrected chi connectivity index (χ2v) is 3.77. The Morgan fingerprint density at radius 1 is 1.53 bits per heavy atom. The summed E-state index contributed by atoms with van der Waals surface area (Å²) < 4.78 is 5.16. The van der Waals surface area contributed by atoms with Crippen LogP contribution in [-0.4, -0.2) is 17.9 Å². The number of aromatic nitrogens is 1. The molecule has 0 aliphatic heterocycles. The number of aryl methyl sites for hydroxylation is 1. The van der Waals surface area contributed by atoms with Gasteiger partial charge in [-0.2, -0.15) is 0 Å². The van der Waals surface area contributed by atoms with E-state index in [0.717, 1.165) is 11.4 Å². The van der Waals surface area contributed by atoms with Crippen LogP contribution in [-0.2, 0) is 11.2 Å². The van der Waals surface area contributed by atoms with E-state index in [1.54, 1.807) is 13.3 Å². The summed E-state index contributed by atoms with van der Waals surface area (Å²) >= 11 is 0. The van der Waals surface area contributed by atoms with Crippen molar-refractivity contribution in [1.29, 1.82) is 0 Å². The zero-order chi connectivity index (χ0) is 11.3. The number of carbonyl (C=O) groups excluding carboxylic acids is 1. The maximum atomic E-state index is 11.4. The summed E-state index contributed by atoms with van der Waals surface area (Å²) in [6.45, 7) is 3.83. The Kier molecular flexibility index (Phi) is 4.28. The first-order valence-electron chi connectivity index (χ1n) is 5.15. The molecule has 0 amide bonds. The number of carbonyl (C=O) groups is 1. The lowest BCUT2D eigenvalue weighted by molar-refractivity contribution is -0.121. The van der Waals surface area contributed by atoms with Crippen molar-refractivity contribution in [2.45, 2.75) is 26.7 Å². The van der Waals surface area contributed by atoms with Crippen LogP contribution < -0.4 is 4.74 Å². The highest BCUT2D eigenvalue weighted by molar-refractivity contribution is 5.80. The van der Waals surface area contributed by atoms with Gasteiger partial charge in [-0.15, -0.1) is 0 Å². The molecule has 0 aliphatic rings. The van der Waals surface area contributed by atoms with Crippen LogP contribution in [0.15, 0.2) is 18.3 Å². The van der Waals surface area contributed by atoms with Crippen molar-refractivity contribution in [2.75, 3.05) is 7.11 Å². The number of hydrogen-bond acceptors (Lipinski definition) is 3. The Morgan fingerprint density at radius 2 is 2.27 bits per heavy atom. The molecule has 3 nitrogen and oxygen atoms in total. The molecule has 0 unspecified atom stereocenters. The molecule has 15 heavy (non-hydrogen) atoms. The Balaban J connectivity index is 2.61. The van der Waals surface area contributed by atoms with Gasteiger partial charge in [-0.05, 0) is 12.1 Å². The third-order valence-corrected chi connectivity index (χ3v) is 2.32. The Labute approximate surface area is 90.5 Å². The predicted molar refractivity (Wildman–Crippen MR) is 59.0 cm³/mol. The van der Waals surface area contributed by atoms with Gasteiger partial charge in [-0.1, -0.05) is 13.8 Å². The summed E-state index contributed by atoms with van der Waals surface area (Å²) in [6, 6.07) is 3.69. The highest BCUT2D eigenvalue weighted by Crippen LogP contribution is 2.16. The van der Waals surface area contributed by atoms with E-state index in [4.69, 9.17) is 4.74 Å². The third kappa shape index (κ3) is 3.35. The van der Waals surface area contributed by atoms with E-state index in [-0.39, 0.29) is 11.7 Å². The lowest BCUT2D eigenvalue weighted by atomic mass is 10.0. The summed E-state index contributed by atoms with van der Waals surface area (Å²) in [5.74, 6) is 1.12. The number of Topliss-reactive ketones (excluding diaryl/α,β-unsaturated/α-hetero) is 1. The number of ketones is 1. The fraction of sp³-hybridized carbons (Fsp3) is 0.500. The van der Waals surface area contributed by atoms with Gasteiger partial charge >= 0.3 is 0 Å². The molecule has 1 aromatic rings. The van der Waals surface area contributed by atoms with Crippen LogP contribution in [0.4, 0.5) is 0 Å². The second kappa shape index (κ2) is 5.49. The molecule has 1 heterocycles. The minimum Gasteiger partial charge on any atom is -0.495 e. The Morgan fingerprint density at radius 3 is 2.87 bits per heavy atom. The van der Waals surface area contributed by atoms with Gasteiger partial charge in [-0.3, -0.25) is 9.78 Å². The predicted octanol–water partition coefficient (Wildman–Crippen LogP) is 2.25. The number of hydrogen-bond donors (Lipinski definition) is 0. The van der Waals surface area contributed by atoms with Gasteiger partial charge < -0.3 is 4.74 Å². The van der Waals surface area contributed by atoms with Crippen LogP contribution in [0, 0.1) is 5.92 Å². The van der Waals surface area contributed by atoms with Crippen LogP contribution in [0.2, 0.25) is 0 Å². The molecule has 1 aromatic heterocycles. The SMILES string of the molecule is COc1cccnc1CCC(=O)C(C)C. The first-order chi connectivity index (χ1) is 7.15. The molecule has 0 atom stereocenters. The van der Waals surface area contributed by atoms with Gasteiger partial charge in [-0.25, -0.2) is 0 Å². The van der Waals surface area contributed by atoms with Gasteiger partial charge in [0.25, 0.3) is 0 Å². The molecule has 0 radical (unpaired) electrons. The lowest BCUT2D eigenvalue weighted by Gasteiger charge is -2.07. The van der Waals surface area contributed by atoms with Crippen molar-refractivity contribution in [3.8, 4) is 5.75 Å². The van der Waals surface area contributed by atoms with Crippen molar-refractivity contribution in [3.63, 3.8) is 0 Å². The fourth-order valence-electron chi connectivity index (χ4n) is 1.33. The average molecular weight is 207 g/mol. The number of pyridine rings is 1. The van der Waals surface area contributed by atoms with E-state index in [1.165, 1.54) is 0 Å². The number of nitrogens with zero attached hydrogens (tertiary/aromatic N) is 1. The minimum absolute atomic E-state index is 0.0970. The monoisotopic (exact) mass is 207 g/mol. The van der Waals surface area contributed by atoms with E-state index < -0.39 is 0 Å². The molecule has 0 aliphatic carbocycles. The smallest absolute Gasteiger partial charge is 0.140 e. The van der Waals surface area contributed by atoms with Crippen molar-refractivity contribution < 1.29 is 9.53 Å². The van der Waals surface area contributed by atoms with Crippen molar-refractivity contribution in [2.24, 2.45) is 5.92 Å². The Bertz CT molecular complexity index is 334. The van der Waals surface area contributed by atoms with E-state index in [2.05, 4.69) is 4.98 Å². The maximum Gasteiger partial charge on any atom is 0.140 e. The van der Waals surface area contributed by atoms with E-state index in [9.17, 15) is 4.79 Å². The van der Waals surface area contributed by atoms with Gasteiger partial charge in [0.1, 0.15) is 11.5 Å². The second-order valence-electron chi connectivity index (χ2n) is 3.77. The van der Waals surface area contributed by atoms with Gasteiger partial charge in [0, 0.05) is 25.0 Å². The summed E-state index contributed by atoms with van der Waals surface area (Å²) in [5.41, 5.74) is 0.856. The fourth-order valence-corrected chi connectivity index (χ4v) is 1.33. The van der Waals surface area contributed by atoms with Crippen molar-refractivity contribution in [3.05, 3.63) is 24.0 Å². The number of ether oxygens (including phenoxy) is 1. The summed E-state index contributed by atoms with van der Waals surface area (Å²) in [5, 5.41) is 0. The summed E-state index contributed by atoms with van der Waals surface area (Å²) in [7, 11) is 1.62. The summed E-state index contributed by atoms with van der Waals surface area (Å²) in [6.07, 6.45) is 2.91. The van der Waals surface area contributed by atoms with Gasteiger partial charge in [0.2, 0.25) is 0 Å². The lowest BCUT2D eigenvalue weighted by Crippen LogP contribution is -2.08. The normalized spacial score (nSPS) is 10.4. The molecule has 82 valence electrons. The quantitative estimate of drug-likeness (QED) is 0.743. The van der Waals surface area contributed by atoms with E-state index in [0.29, 0.717) is 12.8 Å². The topological polar surface area (TPSA) is 39.2 Å². The highest BCUT2D eigenvalue weighted by Gasteiger charge is 2.10. The Hall–Kier alpha value is -1.38. The molecule has 0 saturated carbocycles. The minimum atomic E-state index is 0.0970. The van der Waals surface area contributed by atoms with E-state index in [1.807, 2.05) is 26.0 Å². The van der Waals surface area contributed by atoms with Crippen LogP contribution in [0.3, 0.4) is 0 Å². The molecule has 0 N–H and O–H groups in total. The van der Waals surface area contributed by atoms with Crippen LogP contribution >= 0.6 is 0 Å². The number of methoxy groups -OCH3 is 1. The molecule has 0 saturated heterocycles. The average Bonchev–Trinajstić information content (AvgIpc) is 2.26. The molecular weight excluding hydrogens is 190 g/mol. The summed E-state index contributed by atoms with van der Waals surface area (Å²) in [4.78, 5) is 15.7. The first kappa shape index (κ1) is 11.7. The standard InChI is InChI=1S/C12H17NO2/c1-9(2)11(14)7-6-10-12(15-3)5-4-8-13-10/h4-5,8-9H,6-7H2,1-3H3. The zero-order valence-corrected chi connectivity index (χ0v) is 9.49. The van der Waals surface area contributed by atoms with Gasteiger partial charge in [0.05, 0.1) is 12.8 Å². The zero-order valence-electron chi connectivity index (χ0n) is 9.49. The number of rotatable bonds is 5. The van der Waals surface area contributed by atoms with Crippen molar-refractivity contribution in [1.82, 2.24) is 4.98 Å². The molecule has 0 aromatic carbocycles. The van der Waals surface area contributed by atoms with Gasteiger partial charge in [0.15, 0.2) is 0 Å². The third-order valence-electron chi connectivity index (χ3n) is 2.32. The van der Waals surface area contributed by atoms with Crippen LogP contribution in [0.1, 0.15) is 26.0 Å². The van der Waals surface area contributed by atoms with Crippen LogP contribution in [0.25, 0.3) is 0 Å². The molecule has 0 spiro atoms. The van der Waals surface area contributed by atoms with E-state index >= 15 is 0 Å². The maximum absolute atomic E-state index is 11.4. The largest absolute Gasteiger partial charge is 0.495 e.